The molecule has 1 aliphatic rings. The van der Waals surface area contributed by atoms with Crippen molar-refractivity contribution >= 4 is 5.82 Å². The fourth-order valence-electron chi connectivity index (χ4n) is 2.73. The van der Waals surface area contributed by atoms with Crippen molar-refractivity contribution in [1.29, 1.82) is 0 Å². The van der Waals surface area contributed by atoms with E-state index in [1.54, 1.807) is 0 Å². The average Bonchev–Trinajstić information content (AvgIpc) is 2.89. The number of aromatic nitrogens is 2. The smallest absolute Gasteiger partial charge is 0.130 e. The van der Waals surface area contributed by atoms with Gasteiger partial charge in [-0.1, -0.05) is 6.07 Å². The van der Waals surface area contributed by atoms with Gasteiger partial charge in [0, 0.05) is 49.1 Å². The predicted octanol–water partition coefficient (Wildman–Crippen LogP) is 2.75. The van der Waals surface area contributed by atoms with Crippen LogP contribution in [0.1, 0.15) is 17.7 Å². The van der Waals surface area contributed by atoms with E-state index in [-0.39, 0.29) is 6.04 Å². The van der Waals surface area contributed by atoms with E-state index in [4.69, 9.17) is 0 Å². The molecule has 22 heavy (non-hydrogen) atoms. The van der Waals surface area contributed by atoms with Gasteiger partial charge in [-0.25, -0.2) is 18.7 Å². The maximum atomic E-state index is 13.7. The largest absolute Gasteiger partial charge is 0.366 e. The van der Waals surface area contributed by atoms with Crippen LogP contribution >= 0.6 is 0 Å². The van der Waals surface area contributed by atoms with Gasteiger partial charge in [0.2, 0.25) is 0 Å². The number of benzene rings is 1. The van der Waals surface area contributed by atoms with Crippen LogP contribution in [0.5, 0.6) is 0 Å². The van der Waals surface area contributed by atoms with Gasteiger partial charge in [-0.2, -0.15) is 0 Å². The predicted molar refractivity (Wildman–Crippen MR) is 80.4 cm³/mol. The summed E-state index contributed by atoms with van der Waals surface area (Å²) in [6.07, 6.45) is 2.50. The van der Waals surface area contributed by atoms with E-state index >= 15 is 0 Å². The lowest BCUT2D eigenvalue weighted by atomic mass is 10.2. The third kappa shape index (κ3) is 3.57. The maximum absolute atomic E-state index is 13.7. The van der Waals surface area contributed by atoms with Crippen molar-refractivity contribution in [3.8, 4) is 0 Å². The Morgan fingerprint density at radius 1 is 1.27 bits per heavy atom. The molecule has 3 rings (SSSR count). The zero-order chi connectivity index (χ0) is 15.5. The highest BCUT2D eigenvalue weighted by Gasteiger charge is 2.23. The van der Waals surface area contributed by atoms with E-state index in [0.717, 1.165) is 37.1 Å². The molecule has 2 heterocycles. The number of nitrogens with zero attached hydrogens (tertiary/aromatic N) is 3. The van der Waals surface area contributed by atoms with Gasteiger partial charge in [0.05, 0.1) is 0 Å². The molecule has 1 aromatic heterocycles. The van der Waals surface area contributed by atoms with Gasteiger partial charge in [0.1, 0.15) is 23.8 Å². The Bertz CT molecular complexity index is 662. The third-order valence-electron chi connectivity index (χ3n) is 3.84. The number of aryl methyl sites for hydroxylation is 1. The first-order valence-electron chi connectivity index (χ1n) is 7.31. The third-order valence-corrected chi connectivity index (χ3v) is 3.84. The molecule has 1 fully saturated rings. The SMILES string of the molecule is Cc1cc(NC2CCN(Cc3ccc(F)cc3F)C2)ncn1. The van der Waals surface area contributed by atoms with Gasteiger partial charge < -0.3 is 5.32 Å². The average molecular weight is 304 g/mol. The Kier molecular flexibility index (Phi) is 4.29. The first kappa shape index (κ1) is 14.8. The second kappa shape index (κ2) is 6.36. The number of halogens is 2. The van der Waals surface area contributed by atoms with Gasteiger partial charge in [0.25, 0.3) is 0 Å². The maximum Gasteiger partial charge on any atom is 0.130 e. The van der Waals surface area contributed by atoms with Crippen LogP contribution in [0, 0.1) is 18.6 Å². The molecule has 0 saturated carbocycles. The Morgan fingerprint density at radius 3 is 2.91 bits per heavy atom. The molecule has 1 atom stereocenters. The second-order valence-electron chi connectivity index (χ2n) is 5.65. The van der Waals surface area contributed by atoms with Gasteiger partial charge in [0.15, 0.2) is 0 Å². The summed E-state index contributed by atoms with van der Waals surface area (Å²) in [5.41, 5.74) is 1.45. The molecule has 1 aromatic carbocycles. The number of likely N-dealkylation sites (tertiary alicyclic amines) is 1. The molecule has 0 bridgehead atoms. The lowest BCUT2D eigenvalue weighted by Crippen LogP contribution is -2.26. The molecule has 1 saturated heterocycles. The molecule has 6 heteroatoms. The summed E-state index contributed by atoms with van der Waals surface area (Å²) >= 11 is 0. The monoisotopic (exact) mass is 304 g/mol. The van der Waals surface area contributed by atoms with Crippen molar-refractivity contribution in [1.82, 2.24) is 14.9 Å². The van der Waals surface area contributed by atoms with Crippen LogP contribution in [-0.2, 0) is 6.54 Å². The summed E-state index contributed by atoms with van der Waals surface area (Å²) in [6.45, 7) is 4.09. The summed E-state index contributed by atoms with van der Waals surface area (Å²) in [6, 6.07) is 5.93. The summed E-state index contributed by atoms with van der Waals surface area (Å²) in [5, 5.41) is 3.37. The summed E-state index contributed by atoms with van der Waals surface area (Å²) < 4.78 is 26.6. The first-order valence-corrected chi connectivity index (χ1v) is 7.31. The van der Waals surface area contributed by atoms with Crippen molar-refractivity contribution in [2.75, 3.05) is 18.4 Å². The van der Waals surface area contributed by atoms with E-state index in [1.807, 2.05) is 13.0 Å². The van der Waals surface area contributed by atoms with Crippen LogP contribution in [0.2, 0.25) is 0 Å². The normalized spacial score (nSPS) is 18.6. The van der Waals surface area contributed by atoms with E-state index in [9.17, 15) is 8.78 Å². The molecule has 116 valence electrons. The Balaban J connectivity index is 1.58. The Labute approximate surface area is 128 Å². The first-order chi connectivity index (χ1) is 10.6. The number of anilines is 1. The van der Waals surface area contributed by atoms with E-state index < -0.39 is 11.6 Å². The number of nitrogens with one attached hydrogen (secondary N) is 1. The summed E-state index contributed by atoms with van der Waals surface area (Å²) in [7, 11) is 0. The molecule has 1 unspecified atom stereocenters. The quantitative estimate of drug-likeness (QED) is 0.943. The molecule has 1 aliphatic heterocycles. The standard InChI is InChI=1S/C16H18F2N4/c1-11-6-16(20-10-19-11)21-14-4-5-22(9-14)8-12-2-3-13(17)7-15(12)18/h2-3,6-7,10,14H,4-5,8-9H2,1H3,(H,19,20,21). The zero-order valence-corrected chi connectivity index (χ0v) is 12.4. The van der Waals surface area contributed by atoms with Gasteiger partial charge in [-0.15, -0.1) is 0 Å². The highest BCUT2D eigenvalue weighted by molar-refractivity contribution is 5.36. The van der Waals surface area contributed by atoms with Crippen molar-refractivity contribution in [3.63, 3.8) is 0 Å². The Hall–Kier alpha value is -2.08. The number of hydrogen-bond donors (Lipinski definition) is 1. The minimum atomic E-state index is -0.540. The van der Waals surface area contributed by atoms with Crippen molar-refractivity contribution in [2.45, 2.75) is 25.9 Å². The molecular formula is C16H18F2N4. The molecule has 0 amide bonds. The highest BCUT2D eigenvalue weighted by atomic mass is 19.1. The molecule has 0 aliphatic carbocycles. The van der Waals surface area contributed by atoms with Crippen LogP contribution < -0.4 is 5.32 Å². The number of hydrogen-bond acceptors (Lipinski definition) is 4. The fourth-order valence-corrected chi connectivity index (χ4v) is 2.73. The Morgan fingerprint density at radius 2 is 2.14 bits per heavy atom. The van der Waals surface area contributed by atoms with Crippen LogP contribution in [0.3, 0.4) is 0 Å². The second-order valence-corrected chi connectivity index (χ2v) is 5.65. The van der Waals surface area contributed by atoms with Gasteiger partial charge >= 0.3 is 0 Å². The minimum absolute atomic E-state index is 0.276. The lowest BCUT2D eigenvalue weighted by molar-refractivity contribution is 0.322. The van der Waals surface area contributed by atoms with Crippen LogP contribution in [0.15, 0.2) is 30.6 Å². The van der Waals surface area contributed by atoms with E-state index in [0.29, 0.717) is 12.1 Å². The van der Waals surface area contributed by atoms with Crippen molar-refractivity contribution in [2.24, 2.45) is 0 Å². The molecule has 2 aromatic rings. The van der Waals surface area contributed by atoms with Crippen LogP contribution in [0.4, 0.5) is 14.6 Å². The summed E-state index contributed by atoms with van der Waals surface area (Å²) in [5.74, 6) is -0.212. The fraction of sp³-hybridized carbons (Fsp3) is 0.375. The van der Waals surface area contributed by atoms with Crippen molar-refractivity contribution in [3.05, 3.63) is 53.5 Å². The van der Waals surface area contributed by atoms with Crippen LogP contribution in [-0.4, -0.2) is 34.0 Å². The van der Waals surface area contributed by atoms with Crippen LogP contribution in [0.25, 0.3) is 0 Å². The lowest BCUT2D eigenvalue weighted by Gasteiger charge is -2.17. The summed E-state index contributed by atoms with van der Waals surface area (Å²) in [4.78, 5) is 10.4. The van der Waals surface area contributed by atoms with E-state index in [1.165, 1.54) is 18.5 Å². The highest BCUT2D eigenvalue weighted by Crippen LogP contribution is 2.19. The minimum Gasteiger partial charge on any atom is -0.366 e. The van der Waals surface area contributed by atoms with Gasteiger partial charge in [-0.3, -0.25) is 4.90 Å². The van der Waals surface area contributed by atoms with Crippen molar-refractivity contribution < 1.29 is 8.78 Å². The van der Waals surface area contributed by atoms with E-state index in [2.05, 4.69) is 20.2 Å². The molecule has 0 radical (unpaired) electrons. The molecule has 1 N–H and O–H groups in total. The molecular weight excluding hydrogens is 286 g/mol. The number of rotatable bonds is 4. The van der Waals surface area contributed by atoms with Gasteiger partial charge in [-0.05, 0) is 19.4 Å². The molecule has 4 nitrogen and oxygen atoms in total. The molecule has 0 spiro atoms. The zero-order valence-electron chi connectivity index (χ0n) is 12.4. The topological polar surface area (TPSA) is 41.0 Å².